The monoisotopic (exact) mass is 167 g/mol. The van der Waals surface area contributed by atoms with Gasteiger partial charge in [0.1, 0.15) is 0 Å². The smallest absolute Gasteiger partial charge is 0.226 e. The van der Waals surface area contributed by atoms with Gasteiger partial charge in [-0.1, -0.05) is 0 Å². The highest BCUT2D eigenvalue weighted by atomic mass is 16.2. The highest BCUT2D eigenvalue weighted by Crippen LogP contribution is 2.41. The first-order valence-corrected chi connectivity index (χ1v) is 4.85. The van der Waals surface area contributed by atoms with E-state index in [0.29, 0.717) is 17.9 Å². The highest BCUT2D eigenvalue weighted by molar-refractivity contribution is 5.83. The highest BCUT2D eigenvalue weighted by Gasteiger charge is 2.48. The summed E-state index contributed by atoms with van der Waals surface area (Å²) in [5.41, 5.74) is 0.138. The zero-order valence-corrected chi connectivity index (χ0v) is 8.13. The fraction of sp³-hybridized carbons (Fsp3) is 0.900. The number of carbonyl (C=O) groups excluding carboxylic acids is 1. The van der Waals surface area contributed by atoms with Gasteiger partial charge in [0, 0.05) is 17.5 Å². The van der Waals surface area contributed by atoms with Crippen LogP contribution in [0, 0.1) is 5.92 Å². The summed E-state index contributed by atoms with van der Waals surface area (Å²) in [7, 11) is 0. The number of rotatable bonds is 1. The summed E-state index contributed by atoms with van der Waals surface area (Å²) in [6.45, 7) is 6.46. The van der Waals surface area contributed by atoms with E-state index in [1.807, 2.05) is 0 Å². The number of hydrogen-bond donors (Lipinski definition) is 0. The molecule has 1 amide bonds. The average Bonchev–Trinajstić information content (AvgIpc) is 2.64. The second-order valence-corrected chi connectivity index (χ2v) is 4.85. The first-order chi connectivity index (χ1) is 5.52. The molecule has 2 rings (SSSR count). The molecular formula is C10H17NO. The Morgan fingerprint density at radius 2 is 2.00 bits per heavy atom. The topological polar surface area (TPSA) is 20.3 Å². The first kappa shape index (κ1) is 8.09. The molecule has 0 radical (unpaired) electrons. The maximum atomic E-state index is 11.7. The van der Waals surface area contributed by atoms with Crippen LogP contribution in [0.3, 0.4) is 0 Å². The maximum absolute atomic E-state index is 11.7. The van der Waals surface area contributed by atoms with E-state index < -0.39 is 0 Å². The van der Waals surface area contributed by atoms with Crippen molar-refractivity contribution in [3.63, 3.8) is 0 Å². The van der Waals surface area contributed by atoms with Gasteiger partial charge >= 0.3 is 0 Å². The number of amides is 1. The van der Waals surface area contributed by atoms with Gasteiger partial charge in [0.25, 0.3) is 0 Å². The van der Waals surface area contributed by atoms with Crippen LogP contribution >= 0.6 is 0 Å². The van der Waals surface area contributed by atoms with E-state index in [9.17, 15) is 4.79 Å². The van der Waals surface area contributed by atoms with Crippen LogP contribution in [0.15, 0.2) is 0 Å². The molecule has 1 unspecified atom stereocenters. The third kappa shape index (κ3) is 1.05. The van der Waals surface area contributed by atoms with Gasteiger partial charge < -0.3 is 4.90 Å². The Bertz CT molecular complexity index is 218. The van der Waals surface area contributed by atoms with Gasteiger partial charge in [-0.25, -0.2) is 0 Å². The molecule has 12 heavy (non-hydrogen) atoms. The molecule has 1 aliphatic heterocycles. The Kier molecular flexibility index (Phi) is 1.51. The molecule has 0 aromatic heterocycles. The predicted octanol–water partition coefficient (Wildman–Crippen LogP) is 1.80. The Balaban J connectivity index is 2.06. The Morgan fingerprint density at radius 1 is 1.42 bits per heavy atom. The van der Waals surface area contributed by atoms with Gasteiger partial charge in [-0.15, -0.1) is 0 Å². The molecular weight excluding hydrogens is 150 g/mol. The van der Waals surface area contributed by atoms with Gasteiger partial charge in [-0.3, -0.25) is 4.79 Å². The fourth-order valence-electron chi connectivity index (χ4n) is 2.44. The zero-order valence-electron chi connectivity index (χ0n) is 8.13. The molecule has 2 aliphatic rings. The van der Waals surface area contributed by atoms with Crippen LogP contribution in [0.2, 0.25) is 0 Å². The molecule has 2 fully saturated rings. The van der Waals surface area contributed by atoms with Crippen molar-refractivity contribution in [2.24, 2.45) is 5.92 Å². The maximum Gasteiger partial charge on any atom is 0.226 e. The minimum Gasteiger partial charge on any atom is -0.334 e. The van der Waals surface area contributed by atoms with Crippen LogP contribution in [0.25, 0.3) is 0 Å². The van der Waals surface area contributed by atoms with Crippen molar-refractivity contribution in [2.75, 3.05) is 0 Å². The Morgan fingerprint density at radius 3 is 2.33 bits per heavy atom. The van der Waals surface area contributed by atoms with Crippen molar-refractivity contribution in [1.29, 1.82) is 0 Å². The molecule has 1 saturated carbocycles. The molecule has 0 N–H and O–H groups in total. The summed E-state index contributed by atoms with van der Waals surface area (Å²) < 4.78 is 0. The van der Waals surface area contributed by atoms with Gasteiger partial charge in [0.2, 0.25) is 5.91 Å². The second kappa shape index (κ2) is 2.24. The summed E-state index contributed by atoms with van der Waals surface area (Å²) in [5, 5.41) is 0. The molecule has 68 valence electrons. The number of hydrogen-bond acceptors (Lipinski definition) is 1. The normalized spacial score (nSPS) is 32.9. The number of likely N-dealkylation sites (tertiary alicyclic amines) is 1. The lowest BCUT2D eigenvalue weighted by atomic mass is 9.82. The van der Waals surface area contributed by atoms with Crippen LogP contribution in [-0.2, 0) is 4.79 Å². The lowest BCUT2D eigenvalue weighted by Crippen LogP contribution is -2.64. The summed E-state index contributed by atoms with van der Waals surface area (Å²) in [5.74, 6) is 0.783. The lowest BCUT2D eigenvalue weighted by molar-refractivity contribution is -0.153. The van der Waals surface area contributed by atoms with Gasteiger partial charge in [0.15, 0.2) is 0 Å². The molecule has 1 saturated heterocycles. The third-order valence-corrected chi connectivity index (χ3v) is 3.05. The van der Waals surface area contributed by atoms with Crippen LogP contribution < -0.4 is 0 Å². The first-order valence-electron chi connectivity index (χ1n) is 4.85. The average molecular weight is 167 g/mol. The molecule has 2 heteroatoms. The van der Waals surface area contributed by atoms with E-state index in [1.165, 1.54) is 0 Å². The number of carbonyl (C=O) groups is 1. The predicted molar refractivity (Wildman–Crippen MR) is 47.7 cm³/mol. The van der Waals surface area contributed by atoms with E-state index in [2.05, 4.69) is 25.7 Å². The van der Waals surface area contributed by atoms with Gasteiger partial charge in [0.05, 0.1) is 0 Å². The molecule has 1 atom stereocenters. The summed E-state index contributed by atoms with van der Waals surface area (Å²) in [6, 6.07) is 0.480. The molecule has 1 aliphatic carbocycles. The van der Waals surface area contributed by atoms with Crippen molar-refractivity contribution in [3.05, 3.63) is 0 Å². The molecule has 2 nitrogen and oxygen atoms in total. The van der Waals surface area contributed by atoms with Crippen molar-refractivity contribution in [2.45, 2.75) is 51.6 Å². The zero-order chi connectivity index (χ0) is 8.93. The van der Waals surface area contributed by atoms with Crippen molar-refractivity contribution < 1.29 is 4.79 Å². The largest absolute Gasteiger partial charge is 0.334 e. The molecule has 1 heterocycles. The molecule has 0 aromatic rings. The molecule has 0 bridgehead atoms. The van der Waals surface area contributed by atoms with Crippen LogP contribution in [-0.4, -0.2) is 22.4 Å². The summed E-state index contributed by atoms with van der Waals surface area (Å²) in [4.78, 5) is 13.8. The van der Waals surface area contributed by atoms with Crippen LogP contribution in [0.5, 0.6) is 0 Å². The third-order valence-electron chi connectivity index (χ3n) is 3.05. The molecule has 0 spiro atoms. The van der Waals surface area contributed by atoms with E-state index >= 15 is 0 Å². The van der Waals surface area contributed by atoms with Crippen LogP contribution in [0.4, 0.5) is 0 Å². The van der Waals surface area contributed by atoms with Crippen molar-refractivity contribution >= 4 is 5.91 Å². The lowest BCUT2D eigenvalue weighted by Gasteiger charge is -2.54. The van der Waals surface area contributed by atoms with E-state index in [-0.39, 0.29) is 5.54 Å². The fourth-order valence-corrected chi connectivity index (χ4v) is 2.44. The van der Waals surface area contributed by atoms with Gasteiger partial charge in [-0.05, 0) is 40.0 Å². The van der Waals surface area contributed by atoms with E-state index in [0.717, 1.165) is 19.3 Å². The summed E-state index contributed by atoms with van der Waals surface area (Å²) in [6.07, 6.45) is 3.40. The van der Waals surface area contributed by atoms with Gasteiger partial charge in [-0.2, -0.15) is 0 Å². The van der Waals surface area contributed by atoms with Crippen molar-refractivity contribution in [1.82, 2.24) is 4.90 Å². The Labute approximate surface area is 73.9 Å². The SMILES string of the molecule is CC1CC(C)(C)N1C(=O)C1CC1. The second-order valence-electron chi connectivity index (χ2n) is 4.85. The summed E-state index contributed by atoms with van der Waals surface area (Å²) >= 11 is 0. The minimum atomic E-state index is 0.138. The number of nitrogens with zero attached hydrogens (tertiary/aromatic N) is 1. The Hall–Kier alpha value is -0.530. The minimum absolute atomic E-state index is 0.138. The van der Waals surface area contributed by atoms with E-state index in [1.54, 1.807) is 0 Å². The van der Waals surface area contributed by atoms with Crippen LogP contribution in [0.1, 0.15) is 40.0 Å². The quantitative estimate of drug-likeness (QED) is 0.583. The standard InChI is InChI=1S/C10H17NO/c1-7-6-10(2,3)11(7)9(12)8-4-5-8/h7-8H,4-6H2,1-3H3. The van der Waals surface area contributed by atoms with Crippen molar-refractivity contribution in [3.8, 4) is 0 Å². The molecule has 0 aromatic carbocycles. The van der Waals surface area contributed by atoms with E-state index in [4.69, 9.17) is 0 Å².